The van der Waals surface area contributed by atoms with Crippen LogP contribution in [0.15, 0.2) is 0 Å². The molecular formula is C11H19N3O2S. The van der Waals surface area contributed by atoms with Gasteiger partial charge in [0.25, 0.3) is 0 Å². The zero-order valence-corrected chi connectivity index (χ0v) is 10.8. The molecule has 0 aromatic carbocycles. The molecule has 6 heteroatoms. The van der Waals surface area contributed by atoms with Crippen LogP contribution in [-0.2, 0) is 10.0 Å². The second-order valence-electron chi connectivity index (χ2n) is 4.81. The Labute approximate surface area is 103 Å². The van der Waals surface area contributed by atoms with Crippen LogP contribution >= 0.6 is 0 Å². The van der Waals surface area contributed by atoms with E-state index in [1.54, 1.807) is 6.07 Å². The lowest BCUT2D eigenvalue weighted by Gasteiger charge is -2.32. The molecule has 1 atom stereocenters. The summed E-state index contributed by atoms with van der Waals surface area (Å²) in [6, 6.07) is 2.10. The fourth-order valence-electron chi connectivity index (χ4n) is 2.72. The Morgan fingerprint density at radius 1 is 1.18 bits per heavy atom. The van der Waals surface area contributed by atoms with Crippen LogP contribution in [0.2, 0.25) is 0 Å². The summed E-state index contributed by atoms with van der Waals surface area (Å²) in [4.78, 5) is 2.41. The van der Waals surface area contributed by atoms with Crippen molar-refractivity contribution in [1.29, 1.82) is 5.26 Å². The third-order valence-electron chi connectivity index (χ3n) is 3.67. The normalized spacial score (nSPS) is 28.1. The van der Waals surface area contributed by atoms with E-state index < -0.39 is 10.0 Å². The molecule has 0 bridgehead atoms. The summed E-state index contributed by atoms with van der Waals surface area (Å²) < 4.78 is 25.0. The summed E-state index contributed by atoms with van der Waals surface area (Å²) in [6.07, 6.45) is 4.65. The van der Waals surface area contributed by atoms with Gasteiger partial charge in [-0.25, -0.2) is 8.42 Å². The van der Waals surface area contributed by atoms with Gasteiger partial charge in [-0.15, -0.1) is 0 Å². The first-order valence-corrected chi connectivity index (χ1v) is 7.83. The van der Waals surface area contributed by atoms with E-state index in [-0.39, 0.29) is 5.75 Å². The molecule has 5 nitrogen and oxygen atoms in total. The maximum Gasteiger partial charge on any atom is 0.227 e. The van der Waals surface area contributed by atoms with Gasteiger partial charge in [-0.1, -0.05) is 6.42 Å². The molecule has 1 unspecified atom stereocenters. The van der Waals surface area contributed by atoms with E-state index in [4.69, 9.17) is 5.26 Å². The van der Waals surface area contributed by atoms with E-state index in [1.165, 1.54) is 23.6 Å². The summed E-state index contributed by atoms with van der Waals surface area (Å²) in [7, 11) is -3.34. The average molecular weight is 257 g/mol. The topological polar surface area (TPSA) is 64.4 Å². The number of nitrogens with zero attached hydrogens (tertiary/aromatic N) is 3. The van der Waals surface area contributed by atoms with Crippen molar-refractivity contribution in [3.63, 3.8) is 0 Å². The Kier molecular flexibility index (Phi) is 4.02. The number of hydrogen-bond acceptors (Lipinski definition) is 4. The van der Waals surface area contributed by atoms with Crippen LogP contribution in [0.3, 0.4) is 0 Å². The van der Waals surface area contributed by atoms with Gasteiger partial charge in [0, 0.05) is 19.1 Å². The molecule has 0 aromatic heterocycles. The van der Waals surface area contributed by atoms with Gasteiger partial charge in [-0.3, -0.25) is 4.90 Å². The first-order chi connectivity index (χ1) is 8.13. The van der Waals surface area contributed by atoms with Crippen molar-refractivity contribution in [2.45, 2.75) is 31.7 Å². The van der Waals surface area contributed by atoms with E-state index >= 15 is 0 Å². The molecule has 0 spiro atoms. The van der Waals surface area contributed by atoms with Crippen molar-refractivity contribution in [3.05, 3.63) is 0 Å². The summed E-state index contributed by atoms with van der Waals surface area (Å²) >= 11 is 0. The smallest absolute Gasteiger partial charge is 0.227 e. The number of piperidine rings is 1. The Morgan fingerprint density at radius 2 is 1.88 bits per heavy atom. The molecular weight excluding hydrogens is 238 g/mol. The molecule has 0 N–H and O–H groups in total. The maximum atomic E-state index is 11.7. The van der Waals surface area contributed by atoms with Crippen LogP contribution in [0.4, 0.5) is 0 Å². The summed E-state index contributed by atoms with van der Waals surface area (Å²) in [5.41, 5.74) is 0. The third-order valence-corrected chi connectivity index (χ3v) is 5.29. The van der Waals surface area contributed by atoms with Crippen molar-refractivity contribution < 1.29 is 8.42 Å². The van der Waals surface area contributed by atoms with Crippen LogP contribution in [0, 0.1) is 11.3 Å². The lowest BCUT2D eigenvalue weighted by Crippen LogP contribution is -2.41. The largest absolute Gasteiger partial charge is 0.299 e. The molecule has 0 saturated carbocycles. The fourth-order valence-corrected chi connectivity index (χ4v) is 3.85. The average Bonchev–Trinajstić information content (AvgIpc) is 2.80. The fraction of sp³-hybridized carbons (Fsp3) is 0.909. The predicted molar refractivity (Wildman–Crippen MR) is 64.8 cm³/mol. The van der Waals surface area contributed by atoms with E-state index in [0.29, 0.717) is 19.1 Å². The van der Waals surface area contributed by atoms with Crippen LogP contribution in [-0.4, -0.2) is 55.6 Å². The standard InChI is InChI=1S/C11H19N3O2S/c12-5-9-17(15,16)14-8-4-11(10-14)13-6-2-1-3-7-13/h11H,1-4,6-10H2. The van der Waals surface area contributed by atoms with Crippen molar-refractivity contribution >= 4 is 10.0 Å². The van der Waals surface area contributed by atoms with E-state index in [0.717, 1.165) is 19.5 Å². The molecule has 0 aliphatic carbocycles. The van der Waals surface area contributed by atoms with Gasteiger partial charge in [0.2, 0.25) is 10.0 Å². The Hall–Kier alpha value is -0.640. The number of likely N-dealkylation sites (tertiary alicyclic amines) is 1. The van der Waals surface area contributed by atoms with Crippen LogP contribution < -0.4 is 0 Å². The molecule has 2 fully saturated rings. The number of nitriles is 1. The van der Waals surface area contributed by atoms with Gasteiger partial charge in [0.1, 0.15) is 0 Å². The van der Waals surface area contributed by atoms with Gasteiger partial charge >= 0.3 is 0 Å². The van der Waals surface area contributed by atoms with Crippen molar-refractivity contribution in [3.8, 4) is 6.07 Å². The lowest BCUT2D eigenvalue weighted by atomic mass is 10.1. The zero-order chi connectivity index (χ0) is 12.3. The highest BCUT2D eigenvalue weighted by Gasteiger charge is 2.34. The summed E-state index contributed by atoms with van der Waals surface area (Å²) in [5, 5.41) is 8.51. The van der Waals surface area contributed by atoms with Crippen molar-refractivity contribution in [1.82, 2.24) is 9.21 Å². The molecule has 0 aromatic rings. The van der Waals surface area contributed by atoms with Crippen molar-refractivity contribution in [2.24, 2.45) is 0 Å². The maximum absolute atomic E-state index is 11.7. The highest BCUT2D eigenvalue weighted by atomic mass is 32.2. The van der Waals surface area contributed by atoms with E-state index in [1.807, 2.05) is 0 Å². The predicted octanol–water partition coefficient (Wildman–Crippen LogP) is 0.400. The molecule has 2 aliphatic heterocycles. The Bertz CT molecular complexity index is 395. The van der Waals surface area contributed by atoms with Gasteiger partial charge in [-0.2, -0.15) is 9.57 Å². The second-order valence-corrected chi connectivity index (χ2v) is 6.78. The molecule has 2 aliphatic rings. The Morgan fingerprint density at radius 3 is 2.53 bits per heavy atom. The quantitative estimate of drug-likeness (QED) is 0.734. The molecule has 17 heavy (non-hydrogen) atoms. The highest BCUT2D eigenvalue weighted by molar-refractivity contribution is 7.89. The number of rotatable bonds is 3. The van der Waals surface area contributed by atoms with E-state index in [2.05, 4.69) is 4.90 Å². The molecule has 2 heterocycles. The SMILES string of the molecule is N#CCS(=O)(=O)N1CCC(N2CCCCC2)C1. The van der Waals surface area contributed by atoms with Crippen LogP contribution in [0.25, 0.3) is 0 Å². The second kappa shape index (κ2) is 5.34. The number of sulfonamides is 1. The van der Waals surface area contributed by atoms with Gasteiger partial charge < -0.3 is 0 Å². The van der Waals surface area contributed by atoms with Crippen LogP contribution in [0.5, 0.6) is 0 Å². The minimum absolute atomic E-state index is 0.365. The minimum Gasteiger partial charge on any atom is -0.299 e. The number of hydrogen-bond donors (Lipinski definition) is 0. The molecule has 96 valence electrons. The summed E-state index contributed by atoms with van der Waals surface area (Å²) in [5.74, 6) is -0.389. The molecule has 2 rings (SSSR count). The zero-order valence-electron chi connectivity index (χ0n) is 10.0. The molecule has 0 amide bonds. The monoisotopic (exact) mass is 257 g/mol. The first-order valence-electron chi connectivity index (χ1n) is 6.22. The third kappa shape index (κ3) is 2.97. The molecule has 2 saturated heterocycles. The van der Waals surface area contributed by atoms with Gasteiger partial charge in [0.15, 0.2) is 5.75 Å². The van der Waals surface area contributed by atoms with Gasteiger partial charge in [0.05, 0.1) is 6.07 Å². The first kappa shape index (κ1) is 12.8. The van der Waals surface area contributed by atoms with Crippen molar-refractivity contribution in [2.75, 3.05) is 31.9 Å². The molecule has 0 radical (unpaired) electrons. The summed E-state index contributed by atoms with van der Waals surface area (Å²) in [6.45, 7) is 3.34. The lowest BCUT2D eigenvalue weighted by molar-refractivity contribution is 0.169. The van der Waals surface area contributed by atoms with Crippen LogP contribution in [0.1, 0.15) is 25.7 Å². The van der Waals surface area contributed by atoms with Gasteiger partial charge in [-0.05, 0) is 32.4 Å². The van der Waals surface area contributed by atoms with E-state index in [9.17, 15) is 8.42 Å². The highest BCUT2D eigenvalue weighted by Crippen LogP contribution is 2.22. The minimum atomic E-state index is -3.34. The Balaban J connectivity index is 1.93.